The van der Waals surface area contributed by atoms with Gasteiger partial charge in [0.2, 0.25) is 0 Å². The molecule has 0 saturated carbocycles. The Labute approximate surface area is 97.8 Å². The predicted molar refractivity (Wildman–Crippen MR) is 62.5 cm³/mol. The summed E-state index contributed by atoms with van der Waals surface area (Å²) in [5.74, 6) is 0. The van der Waals surface area contributed by atoms with Gasteiger partial charge in [0.1, 0.15) is 0 Å². The molecule has 0 fully saturated rings. The van der Waals surface area contributed by atoms with Crippen LogP contribution < -0.4 is 5.32 Å². The lowest BCUT2D eigenvalue weighted by Gasteiger charge is -2.22. The van der Waals surface area contributed by atoms with E-state index >= 15 is 0 Å². The Morgan fingerprint density at radius 2 is 1.56 bits per heavy atom. The molecule has 0 spiro atoms. The van der Waals surface area contributed by atoms with Gasteiger partial charge in [-0.05, 0) is 20.8 Å². The van der Waals surface area contributed by atoms with Gasteiger partial charge in [-0.15, -0.1) is 0 Å². The molecule has 0 aliphatic heterocycles. The summed E-state index contributed by atoms with van der Waals surface area (Å²) in [6, 6.07) is 0. The SMILES string of the molecule is COCC(O)CNCC(O)COC(C)(C)C. The molecule has 0 heterocycles. The van der Waals surface area contributed by atoms with Crippen molar-refractivity contribution in [3.8, 4) is 0 Å². The van der Waals surface area contributed by atoms with Crippen LogP contribution in [0.25, 0.3) is 0 Å². The highest BCUT2D eigenvalue weighted by Gasteiger charge is 2.13. The van der Waals surface area contributed by atoms with Crippen LogP contribution in [0.15, 0.2) is 0 Å². The quantitative estimate of drug-likeness (QED) is 0.541. The second-order valence-corrected chi connectivity index (χ2v) is 4.84. The average Bonchev–Trinajstić information content (AvgIpc) is 2.14. The van der Waals surface area contributed by atoms with Gasteiger partial charge in [0.05, 0.1) is 31.0 Å². The van der Waals surface area contributed by atoms with E-state index in [1.807, 2.05) is 20.8 Å². The number of hydrogen-bond donors (Lipinski definition) is 3. The van der Waals surface area contributed by atoms with Crippen molar-refractivity contribution < 1.29 is 19.7 Å². The number of rotatable bonds is 8. The van der Waals surface area contributed by atoms with Crippen LogP contribution in [0.3, 0.4) is 0 Å². The lowest BCUT2D eigenvalue weighted by molar-refractivity contribution is -0.0485. The lowest BCUT2D eigenvalue weighted by atomic mass is 10.2. The predicted octanol–water partition coefficient (Wildman–Crippen LogP) is -0.241. The zero-order valence-electron chi connectivity index (χ0n) is 10.7. The van der Waals surface area contributed by atoms with Crippen molar-refractivity contribution in [1.29, 1.82) is 0 Å². The van der Waals surface area contributed by atoms with Gasteiger partial charge in [-0.1, -0.05) is 0 Å². The van der Waals surface area contributed by atoms with E-state index < -0.39 is 12.2 Å². The van der Waals surface area contributed by atoms with E-state index in [0.717, 1.165) is 0 Å². The highest BCUT2D eigenvalue weighted by atomic mass is 16.5. The van der Waals surface area contributed by atoms with Gasteiger partial charge >= 0.3 is 0 Å². The first-order valence-electron chi connectivity index (χ1n) is 5.55. The van der Waals surface area contributed by atoms with Crippen molar-refractivity contribution in [3.63, 3.8) is 0 Å². The summed E-state index contributed by atoms with van der Waals surface area (Å²) < 4.78 is 10.2. The second kappa shape index (κ2) is 7.97. The van der Waals surface area contributed by atoms with Crippen molar-refractivity contribution in [3.05, 3.63) is 0 Å². The molecule has 5 nitrogen and oxygen atoms in total. The lowest BCUT2D eigenvalue weighted by Crippen LogP contribution is -2.38. The van der Waals surface area contributed by atoms with E-state index in [1.165, 1.54) is 7.11 Å². The van der Waals surface area contributed by atoms with E-state index in [4.69, 9.17) is 9.47 Å². The first kappa shape index (κ1) is 15.8. The van der Waals surface area contributed by atoms with Gasteiger partial charge in [0.25, 0.3) is 0 Å². The fourth-order valence-electron chi connectivity index (χ4n) is 1.07. The van der Waals surface area contributed by atoms with E-state index in [-0.39, 0.29) is 12.2 Å². The topological polar surface area (TPSA) is 71.0 Å². The van der Waals surface area contributed by atoms with Crippen LogP contribution in [0.4, 0.5) is 0 Å². The first-order valence-corrected chi connectivity index (χ1v) is 5.55. The second-order valence-electron chi connectivity index (χ2n) is 4.84. The minimum Gasteiger partial charge on any atom is -0.389 e. The molecule has 2 unspecified atom stereocenters. The van der Waals surface area contributed by atoms with Crippen molar-refractivity contribution in [2.45, 2.75) is 38.6 Å². The standard InChI is InChI=1S/C11H25NO4/c1-11(2,3)16-8-10(14)6-12-5-9(13)7-15-4/h9-10,12-14H,5-8H2,1-4H3. The van der Waals surface area contributed by atoms with Gasteiger partial charge in [-0.3, -0.25) is 0 Å². The molecular formula is C11H25NO4. The minimum atomic E-state index is -0.561. The number of ether oxygens (including phenoxy) is 2. The van der Waals surface area contributed by atoms with Crippen LogP contribution in [0, 0.1) is 0 Å². The summed E-state index contributed by atoms with van der Waals surface area (Å²) in [7, 11) is 1.54. The minimum absolute atomic E-state index is 0.240. The maximum atomic E-state index is 9.55. The van der Waals surface area contributed by atoms with Crippen LogP contribution in [0.1, 0.15) is 20.8 Å². The monoisotopic (exact) mass is 235 g/mol. The maximum absolute atomic E-state index is 9.55. The Morgan fingerprint density at radius 1 is 1.06 bits per heavy atom. The maximum Gasteiger partial charge on any atom is 0.0897 e. The smallest absolute Gasteiger partial charge is 0.0897 e. The Bertz CT molecular complexity index is 170. The number of aliphatic hydroxyl groups excluding tert-OH is 2. The highest BCUT2D eigenvalue weighted by molar-refractivity contribution is 4.65. The van der Waals surface area contributed by atoms with Gasteiger partial charge in [-0.25, -0.2) is 0 Å². The van der Waals surface area contributed by atoms with E-state index in [0.29, 0.717) is 19.7 Å². The van der Waals surface area contributed by atoms with Gasteiger partial charge < -0.3 is 25.0 Å². The van der Waals surface area contributed by atoms with E-state index in [2.05, 4.69) is 5.32 Å². The summed E-state index contributed by atoms with van der Waals surface area (Å²) >= 11 is 0. The first-order chi connectivity index (χ1) is 7.35. The Balaban J connectivity index is 3.47. The van der Waals surface area contributed by atoms with Crippen molar-refractivity contribution >= 4 is 0 Å². The summed E-state index contributed by atoms with van der Waals surface area (Å²) in [6.45, 7) is 7.20. The van der Waals surface area contributed by atoms with Gasteiger partial charge in [0.15, 0.2) is 0 Å². The molecule has 16 heavy (non-hydrogen) atoms. The van der Waals surface area contributed by atoms with Crippen LogP contribution in [-0.2, 0) is 9.47 Å². The molecule has 0 aromatic rings. The van der Waals surface area contributed by atoms with Crippen molar-refractivity contribution in [1.82, 2.24) is 5.32 Å². The van der Waals surface area contributed by atoms with Crippen LogP contribution >= 0.6 is 0 Å². The number of aliphatic hydroxyl groups is 2. The summed E-state index contributed by atoms with van der Waals surface area (Å²) in [4.78, 5) is 0. The fraction of sp³-hybridized carbons (Fsp3) is 1.00. The molecule has 0 aliphatic rings. The van der Waals surface area contributed by atoms with E-state index in [1.54, 1.807) is 0 Å². The zero-order chi connectivity index (χ0) is 12.6. The fourth-order valence-corrected chi connectivity index (χ4v) is 1.07. The third-order valence-electron chi connectivity index (χ3n) is 1.83. The third-order valence-corrected chi connectivity index (χ3v) is 1.83. The molecule has 0 saturated heterocycles. The molecule has 0 radical (unpaired) electrons. The third kappa shape index (κ3) is 10.3. The normalized spacial score (nSPS) is 16.1. The molecule has 0 aromatic carbocycles. The number of hydrogen-bond acceptors (Lipinski definition) is 5. The Kier molecular flexibility index (Phi) is 7.87. The summed E-state index contributed by atoms with van der Waals surface area (Å²) in [5.41, 5.74) is -0.240. The van der Waals surface area contributed by atoms with Gasteiger partial charge in [-0.2, -0.15) is 0 Å². The molecule has 0 rings (SSSR count). The van der Waals surface area contributed by atoms with Crippen molar-refractivity contribution in [2.75, 3.05) is 33.4 Å². The number of methoxy groups -OCH3 is 1. The summed E-state index contributed by atoms with van der Waals surface area (Å²) in [6.07, 6.45) is -1.10. The molecule has 0 amide bonds. The molecule has 0 aliphatic carbocycles. The van der Waals surface area contributed by atoms with Crippen LogP contribution in [0.2, 0.25) is 0 Å². The van der Waals surface area contributed by atoms with Gasteiger partial charge in [0, 0.05) is 20.2 Å². The Morgan fingerprint density at radius 3 is 2.00 bits per heavy atom. The summed E-state index contributed by atoms with van der Waals surface area (Å²) in [5, 5.41) is 21.8. The zero-order valence-corrected chi connectivity index (χ0v) is 10.7. The molecule has 98 valence electrons. The van der Waals surface area contributed by atoms with Crippen LogP contribution in [-0.4, -0.2) is 61.4 Å². The highest BCUT2D eigenvalue weighted by Crippen LogP contribution is 2.06. The molecule has 3 N–H and O–H groups in total. The number of nitrogens with one attached hydrogen (secondary N) is 1. The largest absolute Gasteiger partial charge is 0.389 e. The van der Waals surface area contributed by atoms with Crippen LogP contribution in [0.5, 0.6) is 0 Å². The average molecular weight is 235 g/mol. The Hall–Kier alpha value is -0.200. The molecular weight excluding hydrogens is 210 g/mol. The molecule has 2 atom stereocenters. The molecule has 0 bridgehead atoms. The molecule has 0 aromatic heterocycles. The van der Waals surface area contributed by atoms with E-state index in [9.17, 15) is 10.2 Å². The molecule has 5 heteroatoms. The van der Waals surface area contributed by atoms with Crippen molar-refractivity contribution in [2.24, 2.45) is 0 Å².